The van der Waals surface area contributed by atoms with E-state index < -0.39 is 0 Å². The Morgan fingerprint density at radius 1 is 0.941 bits per heavy atom. The van der Waals surface area contributed by atoms with E-state index in [0.717, 1.165) is 5.75 Å². The number of halogens is 2. The minimum Gasteiger partial charge on any atom is -0.492 e. The van der Waals surface area contributed by atoms with E-state index >= 15 is 0 Å². The first-order valence-corrected chi connectivity index (χ1v) is 11.0. The van der Waals surface area contributed by atoms with Crippen molar-refractivity contribution >= 4 is 34.4 Å². The van der Waals surface area contributed by atoms with Crippen molar-refractivity contribution in [1.82, 2.24) is 19.7 Å². The quantitative estimate of drug-likeness (QED) is 0.309. The minimum atomic E-state index is -0.347. The highest BCUT2D eigenvalue weighted by atomic mass is 35.5. The van der Waals surface area contributed by atoms with Crippen LogP contribution in [0.25, 0.3) is 28.0 Å². The van der Waals surface area contributed by atoms with Crippen molar-refractivity contribution < 1.29 is 9.13 Å². The van der Waals surface area contributed by atoms with Gasteiger partial charge in [0.05, 0.1) is 23.3 Å². The Balaban J connectivity index is 1.52. The zero-order chi connectivity index (χ0) is 23.5. The Bertz CT molecular complexity index is 1440. The van der Waals surface area contributed by atoms with Crippen molar-refractivity contribution in [2.45, 2.75) is 0 Å². The number of aromatic nitrogens is 4. The lowest BCUT2D eigenvalue weighted by atomic mass is 10.1. The number of nitrogens with one attached hydrogen (secondary N) is 1. The molecule has 7 nitrogen and oxygen atoms in total. The van der Waals surface area contributed by atoms with Crippen molar-refractivity contribution in [1.29, 1.82) is 0 Å². The third kappa shape index (κ3) is 4.35. The first kappa shape index (κ1) is 21.7. The molecule has 0 atom stereocenters. The summed E-state index contributed by atoms with van der Waals surface area (Å²) < 4.78 is 20.7. The molecule has 2 heterocycles. The van der Waals surface area contributed by atoms with Crippen molar-refractivity contribution in [3.8, 4) is 22.7 Å². The van der Waals surface area contributed by atoms with Gasteiger partial charge in [0.25, 0.3) is 0 Å². The largest absolute Gasteiger partial charge is 0.492 e. The van der Waals surface area contributed by atoms with Crippen LogP contribution in [0.15, 0.2) is 78.9 Å². The highest BCUT2D eigenvalue weighted by Crippen LogP contribution is 2.35. The van der Waals surface area contributed by atoms with Gasteiger partial charge >= 0.3 is 0 Å². The fourth-order valence-electron chi connectivity index (χ4n) is 3.57. The van der Waals surface area contributed by atoms with Crippen LogP contribution in [0.5, 0.6) is 5.75 Å². The zero-order valence-electron chi connectivity index (χ0n) is 18.0. The maximum atomic E-state index is 13.4. The summed E-state index contributed by atoms with van der Waals surface area (Å²) in [5.74, 6) is 1.13. The Kier molecular flexibility index (Phi) is 5.97. The summed E-state index contributed by atoms with van der Waals surface area (Å²) in [6.07, 6.45) is 0. The number of nitrogens with two attached hydrogens (primary N) is 1. The number of ether oxygens (including phenoxy) is 1. The molecule has 0 radical (unpaired) electrons. The number of benzene rings is 3. The molecule has 5 rings (SSSR count). The van der Waals surface area contributed by atoms with Gasteiger partial charge in [0, 0.05) is 10.6 Å². The monoisotopic (exact) mass is 474 g/mol. The summed E-state index contributed by atoms with van der Waals surface area (Å²) in [4.78, 5) is 9.26. The number of para-hydroxylation sites is 1. The van der Waals surface area contributed by atoms with Gasteiger partial charge in [0.15, 0.2) is 5.65 Å². The van der Waals surface area contributed by atoms with Gasteiger partial charge in [-0.2, -0.15) is 4.98 Å². The molecule has 9 heteroatoms. The lowest BCUT2D eigenvalue weighted by molar-refractivity contribution is 0.332. The molecule has 5 aromatic rings. The average molecular weight is 475 g/mol. The Morgan fingerprint density at radius 3 is 2.44 bits per heavy atom. The van der Waals surface area contributed by atoms with Gasteiger partial charge < -0.3 is 15.8 Å². The predicted molar refractivity (Wildman–Crippen MR) is 132 cm³/mol. The molecule has 34 heavy (non-hydrogen) atoms. The molecule has 0 aliphatic heterocycles. The van der Waals surface area contributed by atoms with Crippen LogP contribution in [0.2, 0.25) is 5.02 Å². The molecule has 0 aliphatic rings. The molecule has 3 aromatic carbocycles. The summed E-state index contributed by atoms with van der Waals surface area (Å²) in [5.41, 5.74) is 8.72. The zero-order valence-corrected chi connectivity index (χ0v) is 18.7. The molecule has 0 unspecified atom stereocenters. The molecule has 0 bridgehead atoms. The molecule has 0 amide bonds. The van der Waals surface area contributed by atoms with Gasteiger partial charge in [-0.15, -0.1) is 5.10 Å². The van der Waals surface area contributed by atoms with Crippen LogP contribution in [0.1, 0.15) is 0 Å². The molecular weight excluding hydrogens is 455 g/mol. The van der Waals surface area contributed by atoms with Crippen LogP contribution in [-0.4, -0.2) is 32.9 Å². The van der Waals surface area contributed by atoms with Crippen LogP contribution in [-0.2, 0) is 0 Å². The fourth-order valence-corrected chi connectivity index (χ4v) is 3.79. The van der Waals surface area contributed by atoms with E-state index in [9.17, 15) is 4.39 Å². The Labute approximate surface area is 200 Å². The lowest BCUT2D eigenvalue weighted by Crippen LogP contribution is -2.13. The SMILES string of the molecule is Nc1c2c(-c3ccccc3Cl)nc(NCCOc3ccccc3)nc2nn1-c1ccc(F)cc1. The van der Waals surface area contributed by atoms with E-state index in [1.807, 2.05) is 48.5 Å². The van der Waals surface area contributed by atoms with Gasteiger partial charge in [-0.3, -0.25) is 0 Å². The smallest absolute Gasteiger partial charge is 0.225 e. The van der Waals surface area contributed by atoms with Crippen molar-refractivity contribution in [3.05, 3.63) is 89.7 Å². The molecule has 0 saturated heterocycles. The lowest BCUT2D eigenvalue weighted by Gasteiger charge is -2.10. The van der Waals surface area contributed by atoms with Crippen LogP contribution < -0.4 is 15.8 Å². The number of nitrogens with zero attached hydrogens (tertiary/aromatic N) is 4. The van der Waals surface area contributed by atoms with Crippen molar-refractivity contribution in [3.63, 3.8) is 0 Å². The van der Waals surface area contributed by atoms with Gasteiger partial charge in [0.1, 0.15) is 24.0 Å². The van der Waals surface area contributed by atoms with E-state index in [1.54, 1.807) is 18.2 Å². The molecule has 0 spiro atoms. The summed E-state index contributed by atoms with van der Waals surface area (Å²) in [6, 6.07) is 22.8. The first-order valence-electron chi connectivity index (χ1n) is 10.6. The Hall–Kier alpha value is -4.17. The van der Waals surface area contributed by atoms with Crippen LogP contribution in [0, 0.1) is 5.82 Å². The van der Waals surface area contributed by atoms with Gasteiger partial charge in [-0.05, 0) is 42.5 Å². The molecule has 2 aromatic heterocycles. The van der Waals surface area contributed by atoms with Crippen LogP contribution in [0.3, 0.4) is 0 Å². The van der Waals surface area contributed by atoms with Gasteiger partial charge in [-0.1, -0.05) is 48.0 Å². The van der Waals surface area contributed by atoms with E-state index in [1.165, 1.54) is 16.8 Å². The number of anilines is 2. The molecule has 0 saturated carbocycles. The number of fused-ring (bicyclic) bond motifs is 1. The second-order valence-electron chi connectivity index (χ2n) is 7.44. The second-order valence-corrected chi connectivity index (χ2v) is 7.84. The van der Waals surface area contributed by atoms with Crippen LogP contribution >= 0.6 is 11.6 Å². The molecule has 0 fully saturated rings. The van der Waals surface area contributed by atoms with E-state index in [4.69, 9.17) is 27.1 Å². The third-order valence-corrected chi connectivity index (χ3v) is 5.50. The van der Waals surface area contributed by atoms with Crippen molar-refractivity contribution in [2.75, 3.05) is 24.2 Å². The molecular formula is C25H20ClFN6O. The number of rotatable bonds is 7. The number of hydrogen-bond acceptors (Lipinski definition) is 6. The normalized spacial score (nSPS) is 11.0. The average Bonchev–Trinajstić information content (AvgIpc) is 3.19. The summed E-state index contributed by atoms with van der Waals surface area (Å²) in [6.45, 7) is 0.884. The summed E-state index contributed by atoms with van der Waals surface area (Å²) in [5, 5.41) is 8.83. The third-order valence-electron chi connectivity index (χ3n) is 5.17. The fraction of sp³-hybridized carbons (Fsp3) is 0.0800. The standard InChI is InChI=1S/C25H20ClFN6O/c26-20-9-5-4-8-19(20)22-21-23(28)33(17-12-10-16(27)11-13-17)32-24(21)31-25(30-22)29-14-15-34-18-6-2-1-3-7-18/h1-13H,14-15,28H2,(H,29,31,32). The summed E-state index contributed by atoms with van der Waals surface area (Å²) in [7, 11) is 0. The second kappa shape index (κ2) is 9.36. The van der Waals surface area contributed by atoms with E-state index in [-0.39, 0.29) is 5.82 Å². The summed E-state index contributed by atoms with van der Waals surface area (Å²) >= 11 is 6.49. The van der Waals surface area contributed by atoms with Crippen LogP contribution in [0.4, 0.5) is 16.2 Å². The maximum absolute atomic E-state index is 13.4. The predicted octanol–water partition coefficient (Wildman–Crippen LogP) is 5.35. The van der Waals surface area contributed by atoms with Gasteiger partial charge in [0.2, 0.25) is 5.95 Å². The number of nitrogen functional groups attached to an aromatic ring is 1. The van der Waals surface area contributed by atoms with E-state index in [0.29, 0.717) is 57.9 Å². The maximum Gasteiger partial charge on any atom is 0.225 e. The first-order chi connectivity index (χ1) is 16.6. The number of hydrogen-bond donors (Lipinski definition) is 2. The topological polar surface area (TPSA) is 90.9 Å². The van der Waals surface area contributed by atoms with Crippen molar-refractivity contribution in [2.24, 2.45) is 0 Å². The minimum absolute atomic E-state index is 0.329. The molecule has 3 N–H and O–H groups in total. The van der Waals surface area contributed by atoms with Gasteiger partial charge in [-0.25, -0.2) is 14.1 Å². The highest BCUT2D eigenvalue weighted by Gasteiger charge is 2.20. The Morgan fingerprint density at radius 2 is 1.68 bits per heavy atom. The highest BCUT2D eigenvalue weighted by molar-refractivity contribution is 6.33. The van der Waals surface area contributed by atoms with E-state index in [2.05, 4.69) is 15.4 Å². The molecule has 0 aliphatic carbocycles. The molecule has 170 valence electrons.